The predicted molar refractivity (Wildman–Crippen MR) is 58.3 cm³/mol. The summed E-state index contributed by atoms with van der Waals surface area (Å²) in [5.74, 6) is 0. The molecule has 3 nitrogen and oxygen atoms in total. The molecule has 0 radical (unpaired) electrons. The van der Waals surface area contributed by atoms with Crippen molar-refractivity contribution < 1.29 is 5.11 Å². The number of nitrogens with two attached hydrogens (primary N) is 1. The van der Waals surface area contributed by atoms with Crippen molar-refractivity contribution in [3.8, 4) is 0 Å². The highest BCUT2D eigenvalue weighted by molar-refractivity contribution is 5.68. The van der Waals surface area contributed by atoms with Crippen molar-refractivity contribution in [3.63, 3.8) is 0 Å². The Bertz CT molecular complexity index is 310. The smallest absolute Gasteiger partial charge is 0.0606 e. The van der Waals surface area contributed by atoms with Crippen LogP contribution < -0.4 is 10.6 Å². The van der Waals surface area contributed by atoms with E-state index in [0.29, 0.717) is 12.6 Å². The van der Waals surface area contributed by atoms with Gasteiger partial charge in [-0.2, -0.15) is 0 Å². The third kappa shape index (κ3) is 1.82. The van der Waals surface area contributed by atoms with Crippen molar-refractivity contribution in [3.05, 3.63) is 24.3 Å². The fourth-order valence-electron chi connectivity index (χ4n) is 1.74. The van der Waals surface area contributed by atoms with Crippen LogP contribution in [0, 0.1) is 0 Å². The Hall–Kier alpha value is -1.22. The Morgan fingerprint density at radius 2 is 2.07 bits per heavy atom. The fourth-order valence-corrected chi connectivity index (χ4v) is 1.74. The van der Waals surface area contributed by atoms with Gasteiger partial charge in [0, 0.05) is 12.6 Å². The zero-order chi connectivity index (χ0) is 9.97. The van der Waals surface area contributed by atoms with Crippen molar-refractivity contribution in [2.24, 2.45) is 0 Å². The predicted octanol–water partition coefficient (Wildman–Crippen LogP) is 1.23. The number of benzene rings is 1. The number of nitrogen functional groups attached to an aromatic ring is 1. The molecule has 0 bridgehead atoms. The molecule has 0 heterocycles. The number of nitrogens with zero attached hydrogens (tertiary/aromatic N) is 1. The summed E-state index contributed by atoms with van der Waals surface area (Å²) in [6, 6.07) is 8.43. The van der Waals surface area contributed by atoms with Crippen LogP contribution in [0.15, 0.2) is 24.3 Å². The summed E-state index contributed by atoms with van der Waals surface area (Å²) in [7, 11) is 0. The largest absolute Gasteiger partial charge is 0.397 e. The molecule has 76 valence electrons. The second-order valence-corrected chi connectivity index (χ2v) is 3.71. The van der Waals surface area contributed by atoms with Crippen LogP contribution >= 0.6 is 0 Å². The second kappa shape index (κ2) is 3.88. The summed E-state index contributed by atoms with van der Waals surface area (Å²) in [5, 5.41) is 8.98. The topological polar surface area (TPSA) is 49.5 Å². The van der Waals surface area contributed by atoms with Crippen LogP contribution in [0.1, 0.15) is 12.8 Å². The van der Waals surface area contributed by atoms with Gasteiger partial charge in [0.05, 0.1) is 18.0 Å². The van der Waals surface area contributed by atoms with Gasteiger partial charge in [-0.05, 0) is 25.0 Å². The van der Waals surface area contributed by atoms with Crippen LogP contribution in [0.25, 0.3) is 0 Å². The Morgan fingerprint density at radius 3 is 2.64 bits per heavy atom. The highest BCUT2D eigenvalue weighted by Crippen LogP contribution is 2.34. The first kappa shape index (κ1) is 9.34. The standard InChI is InChI=1S/C11H16N2O/c12-10-3-1-2-4-11(10)13(7-8-14)9-5-6-9/h1-4,9,14H,5-8,12H2. The molecule has 0 unspecified atom stereocenters. The SMILES string of the molecule is Nc1ccccc1N(CCO)C1CC1. The number of anilines is 2. The summed E-state index contributed by atoms with van der Waals surface area (Å²) in [5.41, 5.74) is 7.75. The number of rotatable bonds is 4. The zero-order valence-corrected chi connectivity index (χ0v) is 8.19. The number of hydrogen-bond donors (Lipinski definition) is 2. The van der Waals surface area contributed by atoms with E-state index in [4.69, 9.17) is 10.8 Å². The van der Waals surface area contributed by atoms with Crippen molar-refractivity contribution in [2.75, 3.05) is 23.8 Å². The first-order valence-corrected chi connectivity index (χ1v) is 5.05. The van der Waals surface area contributed by atoms with Crippen LogP contribution in [0.5, 0.6) is 0 Å². The molecule has 1 aromatic rings. The maximum atomic E-state index is 8.98. The minimum Gasteiger partial charge on any atom is -0.397 e. The van der Waals surface area contributed by atoms with E-state index < -0.39 is 0 Å². The third-order valence-corrected chi connectivity index (χ3v) is 2.57. The summed E-state index contributed by atoms with van der Waals surface area (Å²) < 4.78 is 0. The van der Waals surface area contributed by atoms with Gasteiger partial charge >= 0.3 is 0 Å². The molecule has 0 saturated heterocycles. The van der Waals surface area contributed by atoms with E-state index in [1.165, 1.54) is 12.8 Å². The molecule has 0 spiro atoms. The van der Waals surface area contributed by atoms with Gasteiger partial charge in [-0.25, -0.2) is 0 Å². The maximum Gasteiger partial charge on any atom is 0.0606 e. The second-order valence-electron chi connectivity index (χ2n) is 3.71. The summed E-state index contributed by atoms with van der Waals surface area (Å²) in [6.07, 6.45) is 2.43. The maximum absolute atomic E-state index is 8.98. The van der Waals surface area contributed by atoms with Crippen LogP contribution in [0.4, 0.5) is 11.4 Å². The third-order valence-electron chi connectivity index (χ3n) is 2.57. The lowest BCUT2D eigenvalue weighted by atomic mass is 10.2. The van der Waals surface area contributed by atoms with Gasteiger partial charge in [-0.1, -0.05) is 12.1 Å². The lowest BCUT2D eigenvalue weighted by molar-refractivity contribution is 0.301. The Morgan fingerprint density at radius 1 is 1.36 bits per heavy atom. The molecule has 3 N–H and O–H groups in total. The quantitative estimate of drug-likeness (QED) is 0.705. The van der Waals surface area contributed by atoms with Gasteiger partial charge < -0.3 is 15.7 Å². The fraction of sp³-hybridized carbons (Fsp3) is 0.455. The molecule has 0 amide bonds. The van der Waals surface area contributed by atoms with Crippen LogP contribution in [0.3, 0.4) is 0 Å². The highest BCUT2D eigenvalue weighted by atomic mass is 16.3. The van der Waals surface area contributed by atoms with Gasteiger partial charge in [0.2, 0.25) is 0 Å². The van der Waals surface area contributed by atoms with Gasteiger partial charge in [0.1, 0.15) is 0 Å². The number of hydrogen-bond acceptors (Lipinski definition) is 3. The van der Waals surface area contributed by atoms with Crippen molar-refractivity contribution in [2.45, 2.75) is 18.9 Å². The van der Waals surface area contributed by atoms with Gasteiger partial charge in [0.25, 0.3) is 0 Å². The van der Waals surface area contributed by atoms with Crippen LogP contribution in [-0.2, 0) is 0 Å². The summed E-state index contributed by atoms with van der Waals surface area (Å²) in [4.78, 5) is 2.20. The Balaban J connectivity index is 2.21. The van der Waals surface area contributed by atoms with Gasteiger partial charge in [-0.15, -0.1) is 0 Å². The molecule has 1 saturated carbocycles. The normalized spacial score (nSPS) is 15.5. The van der Waals surface area contributed by atoms with E-state index in [9.17, 15) is 0 Å². The highest BCUT2D eigenvalue weighted by Gasteiger charge is 2.29. The van der Waals surface area contributed by atoms with Crippen molar-refractivity contribution >= 4 is 11.4 Å². The van der Waals surface area contributed by atoms with Crippen LogP contribution in [-0.4, -0.2) is 24.3 Å². The molecule has 1 fully saturated rings. The van der Waals surface area contributed by atoms with Crippen molar-refractivity contribution in [1.82, 2.24) is 0 Å². The summed E-state index contributed by atoms with van der Waals surface area (Å²) in [6.45, 7) is 0.865. The summed E-state index contributed by atoms with van der Waals surface area (Å²) >= 11 is 0. The molecule has 0 atom stereocenters. The molecule has 1 aliphatic carbocycles. The molecule has 2 rings (SSSR count). The van der Waals surface area contributed by atoms with Gasteiger partial charge in [0.15, 0.2) is 0 Å². The Labute approximate surface area is 84.1 Å². The molecule has 1 aliphatic rings. The molecular weight excluding hydrogens is 176 g/mol. The lowest BCUT2D eigenvalue weighted by Crippen LogP contribution is -2.29. The van der Waals surface area contributed by atoms with E-state index in [1.807, 2.05) is 24.3 Å². The minimum absolute atomic E-state index is 0.185. The molecular formula is C11H16N2O. The number of aliphatic hydroxyl groups is 1. The molecule has 3 heteroatoms. The minimum atomic E-state index is 0.185. The van der Waals surface area contributed by atoms with E-state index in [0.717, 1.165) is 11.4 Å². The molecule has 1 aromatic carbocycles. The molecule has 14 heavy (non-hydrogen) atoms. The molecule has 0 aliphatic heterocycles. The molecule has 0 aromatic heterocycles. The number of para-hydroxylation sites is 2. The van der Waals surface area contributed by atoms with E-state index in [1.54, 1.807) is 0 Å². The average Bonchev–Trinajstić information content (AvgIpc) is 2.99. The lowest BCUT2D eigenvalue weighted by Gasteiger charge is -2.24. The first-order chi connectivity index (χ1) is 6.83. The monoisotopic (exact) mass is 192 g/mol. The number of aliphatic hydroxyl groups excluding tert-OH is 1. The van der Waals surface area contributed by atoms with E-state index in [2.05, 4.69) is 4.90 Å². The van der Waals surface area contributed by atoms with E-state index >= 15 is 0 Å². The Kier molecular flexibility index (Phi) is 2.59. The van der Waals surface area contributed by atoms with Crippen LogP contribution in [0.2, 0.25) is 0 Å². The first-order valence-electron chi connectivity index (χ1n) is 5.05. The van der Waals surface area contributed by atoms with Crippen molar-refractivity contribution in [1.29, 1.82) is 0 Å². The van der Waals surface area contributed by atoms with E-state index in [-0.39, 0.29) is 6.61 Å². The zero-order valence-electron chi connectivity index (χ0n) is 8.19. The average molecular weight is 192 g/mol. The van der Waals surface area contributed by atoms with Gasteiger partial charge in [-0.3, -0.25) is 0 Å².